The minimum Gasteiger partial charge on any atom is -0.466 e. The summed E-state index contributed by atoms with van der Waals surface area (Å²) in [5, 5.41) is 0. The molecule has 4 rings (SSSR count). The maximum Gasteiger partial charge on any atom is 0.314 e. The van der Waals surface area contributed by atoms with Gasteiger partial charge in [0, 0.05) is 44.0 Å². The highest BCUT2D eigenvalue weighted by atomic mass is 16.5. The second kappa shape index (κ2) is 9.18. The van der Waals surface area contributed by atoms with Gasteiger partial charge in [0.1, 0.15) is 11.6 Å². The number of ether oxygens (including phenoxy) is 2. The Morgan fingerprint density at radius 3 is 2.77 bits per heavy atom. The van der Waals surface area contributed by atoms with Gasteiger partial charge in [-0.2, -0.15) is 0 Å². The van der Waals surface area contributed by atoms with Gasteiger partial charge in [0.2, 0.25) is 0 Å². The standard InChI is InChI=1S/C23H36N4O3/c1-4-19-15-21(25-17(3)24-19)27-9-7-18-14-20(26-10-12-29-13-11-26)6-8-23(18,16-27)22(28)30-5-2/h15,18,20H,4-14,16H2,1-3H3/t18-,20+,23-/m1/s1. The van der Waals surface area contributed by atoms with E-state index >= 15 is 0 Å². The topological polar surface area (TPSA) is 67.8 Å². The van der Waals surface area contributed by atoms with Crippen LogP contribution in [-0.2, 0) is 20.7 Å². The summed E-state index contributed by atoms with van der Waals surface area (Å²) in [6.07, 6.45) is 4.91. The number of rotatable bonds is 5. The first-order valence-corrected chi connectivity index (χ1v) is 11.6. The molecule has 3 heterocycles. The van der Waals surface area contributed by atoms with Crippen molar-refractivity contribution in [3.8, 4) is 0 Å². The van der Waals surface area contributed by atoms with Gasteiger partial charge in [-0.1, -0.05) is 6.92 Å². The van der Waals surface area contributed by atoms with Crippen molar-refractivity contribution >= 4 is 11.8 Å². The predicted octanol–water partition coefficient (Wildman–Crippen LogP) is 2.61. The Labute approximate surface area is 180 Å². The van der Waals surface area contributed by atoms with Crippen molar-refractivity contribution in [2.24, 2.45) is 11.3 Å². The number of morpholine rings is 1. The van der Waals surface area contributed by atoms with Crippen LogP contribution in [0.2, 0.25) is 0 Å². The van der Waals surface area contributed by atoms with Crippen LogP contribution < -0.4 is 4.90 Å². The van der Waals surface area contributed by atoms with Gasteiger partial charge in [-0.25, -0.2) is 9.97 Å². The van der Waals surface area contributed by atoms with Crippen molar-refractivity contribution in [1.82, 2.24) is 14.9 Å². The molecule has 0 unspecified atom stereocenters. The summed E-state index contributed by atoms with van der Waals surface area (Å²) in [6, 6.07) is 2.65. The van der Waals surface area contributed by atoms with E-state index in [1.54, 1.807) is 0 Å². The van der Waals surface area contributed by atoms with Gasteiger partial charge in [0.05, 0.1) is 25.2 Å². The highest BCUT2D eigenvalue weighted by Crippen LogP contribution is 2.49. The molecule has 3 fully saturated rings. The molecule has 2 aliphatic heterocycles. The lowest BCUT2D eigenvalue weighted by molar-refractivity contribution is -0.164. The van der Waals surface area contributed by atoms with E-state index in [2.05, 4.69) is 27.8 Å². The fourth-order valence-corrected chi connectivity index (χ4v) is 5.67. The molecular formula is C23H36N4O3. The molecule has 7 nitrogen and oxygen atoms in total. The number of hydrogen-bond donors (Lipinski definition) is 0. The summed E-state index contributed by atoms with van der Waals surface area (Å²) >= 11 is 0. The molecule has 166 valence electrons. The third-order valence-electron chi connectivity index (χ3n) is 7.29. The smallest absolute Gasteiger partial charge is 0.314 e. The van der Waals surface area contributed by atoms with Gasteiger partial charge in [0.25, 0.3) is 0 Å². The second-order valence-corrected chi connectivity index (χ2v) is 8.98. The molecule has 3 atom stereocenters. The number of aryl methyl sites for hydroxylation is 2. The summed E-state index contributed by atoms with van der Waals surface area (Å²) in [4.78, 5) is 27.4. The van der Waals surface area contributed by atoms with E-state index in [0.29, 0.717) is 25.1 Å². The molecular weight excluding hydrogens is 380 g/mol. The molecule has 2 saturated heterocycles. The summed E-state index contributed by atoms with van der Waals surface area (Å²) in [7, 11) is 0. The normalized spacial score (nSPS) is 30.0. The monoisotopic (exact) mass is 416 g/mol. The first-order valence-electron chi connectivity index (χ1n) is 11.6. The van der Waals surface area contributed by atoms with Crippen LogP contribution in [0, 0.1) is 18.3 Å². The van der Waals surface area contributed by atoms with E-state index in [0.717, 1.165) is 82.3 Å². The first-order chi connectivity index (χ1) is 14.6. The zero-order valence-electron chi connectivity index (χ0n) is 18.7. The van der Waals surface area contributed by atoms with Gasteiger partial charge in [-0.05, 0) is 51.9 Å². The van der Waals surface area contributed by atoms with Gasteiger partial charge in [-0.3, -0.25) is 9.69 Å². The predicted molar refractivity (Wildman–Crippen MR) is 116 cm³/mol. The lowest BCUT2D eigenvalue weighted by Gasteiger charge is -2.52. The minimum atomic E-state index is -0.428. The third-order valence-corrected chi connectivity index (χ3v) is 7.29. The van der Waals surface area contributed by atoms with Crippen LogP contribution in [-0.4, -0.2) is 72.9 Å². The number of carbonyl (C=O) groups is 1. The van der Waals surface area contributed by atoms with Gasteiger partial charge in [-0.15, -0.1) is 0 Å². The van der Waals surface area contributed by atoms with E-state index in [9.17, 15) is 4.79 Å². The van der Waals surface area contributed by atoms with Gasteiger partial charge >= 0.3 is 5.97 Å². The number of piperidine rings is 1. The maximum absolute atomic E-state index is 13.3. The Kier molecular flexibility index (Phi) is 6.58. The second-order valence-electron chi connectivity index (χ2n) is 8.98. The molecule has 0 spiro atoms. The van der Waals surface area contributed by atoms with Crippen LogP contribution in [0.3, 0.4) is 0 Å². The number of carbonyl (C=O) groups excluding carboxylic acids is 1. The zero-order valence-corrected chi connectivity index (χ0v) is 18.7. The summed E-state index contributed by atoms with van der Waals surface area (Å²) in [5.41, 5.74) is 0.628. The Hall–Kier alpha value is -1.73. The Balaban J connectivity index is 1.56. The zero-order chi connectivity index (χ0) is 21.1. The van der Waals surface area contributed by atoms with E-state index in [4.69, 9.17) is 14.5 Å². The summed E-state index contributed by atoms with van der Waals surface area (Å²) in [6.45, 7) is 11.7. The minimum absolute atomic E-state index is 0.0124. The first kappa shape index (κ1) is 21.5. The van der Waals surface area contributed by atoms with E-state index in [1.165, 1.54) is 0 Å². The molecule has 1 aromatic heterocycles. The number of anilines is 1. The van der Waals surface area contributed by atoms with Crippen molar-refractivity contribution in [2.45, 2.75) is 58.9 Å². The maximum atomic E-state index is 13.3. The molecule has 1 saturated carbocycles. The molecule has 7 heteroatoms. The van der Waals surface area contributed by atoms with Crippen LogP contribution in [0.25, 0.3) is 0 Å². The molecule has 1 aliphatic carbocycles. The fourth-order valence-electron chi connectivity index (χ4n) is 5.67. The average Bonchev–Trinajstić information content (AvgIpc) is 2.78. The van der Waals surface area contributed by atoms with Crippen LogP contribution in [0.1, 0.15) is 51.0 Å². The molecule has 0 N–H and O–H groups in total. The van der Waals surface area contributed by atoms with Crippen molar-refractivity contribution in [3.05, 3.63) is 17.6 Å². The van der Waals surface area contributed by atoms with Crippen molar-refractivity contribution < 1.29 is 14.3 Å². The Morgan fingerprint density at radius 1 is 1.23 bits per heavy atom. The SMILES string of the molecule is CCOC(=O)[C@@]12CC[C@H](N3CCOCC3)C[C@H]1CCN(c1cc(CC)nc(C)n1)C2. The van der Waals surface area contributed by atoms with Gasteiger partial charge in [0.15, 0.2) is 0 Å². The summed E-state index contributed by atoms with van der Waals surface area (Å²) < 4.78 is 11.2. The molecule has 30 heavy (non-hydrogen) atoms. The Morgan fingerprint density at radius 2 is 2.03 bits per heavy atom. The molecule has 1 aromatic rings. The Bertz CT molecular complexity index is 752. The van der Waals surface area contributed by atoms with Gasteiger partial charge < -0.3 is 14.4 Å². The molecule has 0 bridgehead atoms. The van der Waals surface area contributed by atoms with E-state index < -0.39 is 5.41 Å². The highest BCUT2D eigenvalue weighted by molar-refractivity contribution is 5.79. The number of esters is 1. The number of fused-ring (bicyclic) bond motifs is 1. The van der Waals surface area contributed by atoms with Crippen molar-refractivity contribution in [2.75, 3.05) is 50.9 Å². The molecule has 0 amide bonds. The quantitative estimate of drug-likeness (QED) is 0.684. The van der Waals surface area contributed by atoms with E-state index in [-0.39, 0.29) is 5.97 Å². The van der Waals surface area contributed by atoms with E-state index in [1.807, 2.05) is 13.8 Å². The lowest BCUT2D eigenvalue weighted by Crippen LogP contribution is -2.59. The number of nitrogens with zero attached hydrogens (tertiary/aromatic N) is 4. The third kappa shape index (κ3) is 4.19. The van der Waals surface area contributed by atoms with Crippen LogP contribution in [0.5, 0.6) is 0 Å². The number of aromatic nitrogens is 2. The average molecular weight is 417 g/mol. The summed E-state index contributed by atoms with van der Waals surface area (Å²) in [5.74, 6) is 2.11. The van der Waals surface area contributed by atoms with Crippen molar-refractivity contribution in [3.63, 3.8) is 0 Å². The molecule has 0 aromatic carbocycles. The van der Waals surface area contributed by atoms with Crippen LogP contribution in [0.15, 0.2) is 6.07 Å². The van der Waals surface area contributed by atoms with Crippen LogP contribution in [0.4, 0.5) is 5.82 Å². The lowest BCUT2D eigenvalue weighted by atomic mass is 9.61. The molecule has 0 radical (unpaired) electrons. The number of hydrogen-bond acceptors (Lipinski definition) is 7. The van der Waals surface area contributed by atoms with Crippen LogP contribution >= 0.6 is 0 Å². The molecule has 3 aliphatic rings. The largest absolute Gasteiger partial charge is 0.466 e. The fraction of sp³-hybridized carbons (Fsp3) is 0.783. The van der Waals surface area contributed by atoms with Crippen molar-refractivity contribution in [1.29, 1.82) is 0 Å². The highest BCUT2D eigenvalue weighted by Gasteiger charge is 2.54.